The molecule has 3 rings (SSSR count). The van der Waals surface area contributed by atoms with E-state index in [9.17, 15) is 4.79 Å². The van der Waals surface area contributed by atoms with Crippen LogP contribution in [-0.4, -0.2) is 61.6 Å². The Hall–Kier alpha value is -1.10. The normalized spacial score (nSPS) is 23.0. The fraction of sp³-hybridized carbons (Fsp3) is 0.588. The molecule has 2 aliphatic heterocycles. The minimum Gasteiger partial charge on any atom is -0.379 e. The first-order valence-corrected chi connectivity index (χ1v) is 8.36. The van der Waals surface area contributed by atoms with Crippen molar-refractivity contribution in [2.45, 2.75) is 13.3 Å². The average Bonchev–Trinajstić information content (AvgIpc) is 2.95. The van der Waals surface area contributed by atoms with Crippen LogP contribution < -0.4 is 0 Å². The predicted octanol–water partition coefficient (Wildman–Crippen LogP) is 2.44. The number of carbonyl (C=O) groups is 1. The molecule has 0 bridgehead atoms. The van der Waals surface area contributed by atoms with Crippen molar-refractivity contribution in [3.63, 3.8) is 0 Å². The fourth-order valence-electron chi connectivity index (χ4n) is 3.36. The first-order chi connectivity index (χ1) is 10.6. The lowest BCUT2D eigenvalue weighted by molar-refractivity contribution is 0.0310. The molecule has 1 atom stereocenters. The molecule has 0 spiro atoms. The Morgan fingerprint density at radius 2 is 2.05 bits per heavy atom. The van der Waals surface area contributed by atoms with Crippen molar-refractivity contribution in [2.75, 3.05) is 45.9 Å². The molecule has 5 heteroatoms. The monoisotopic (exact) mass is 322 g/mol. The number of carbonyl (C=O) groups excluding carboxylic acids is 1. The summed E-state index contributed by atoms with van der Waals surface area (Å²) in [5.74, 6) is 0.678. The molecule has 120 valence electrons. The second-order valence-electron chi connectivity index (χ2n) is 6.34. The standard InChI is InChI=1S/C17H23ClN2O2/c1-13-8-15(10-16(18)9-13)17(21)20-3-2-14(12-20)11-19-4-6-22-7-5-19/h8-10,14H,2-7,11-12H2,1H3. The van der Waals surface area contributed by atoms with E-state index < -0.39 is 0 Å². The van der Waals surface area contributed by atoms with Gasteiger partial charge in [-0.2, -0.15) is 0 Å². The minimum atomic E-state index is 0.107. The van der Waals surface area contributed by atoms with Gasteiger partial charge in [-0.05, 0) is 43.0 Å². The lowest BCUT2D eigenvalue weighted by atomic mass is 10.1. The van der Waals surface area contributed by atoms with Crippen LogP contribution in [0, 0.1) is 12.8 Å². The van der Waals surface area contributed by atoms with E-state index in [-0.39, 0.29) is 5.91 Å². The summed E-state index contributed by atoms with van der Waals surface area (Å²) in [6.07, 6.45) is 1.09. The molecule has 0 saturated carbocycles. The molecule has 2 heterocycles. The quantitative estimate of drug-likeness (QED) is 0.857. The summed E-state index contributed by atoms with van der Waals surface area (Å²) < 4.78 is 5.39. The summed E-state index contributed by atoms with van der Waals surface area (Å²) in [5.41, 5.74) is 1.73. The van der Waals surface area contributed by atoms with Crippen LogP contribution in [0.5, 0.6) is 0 Å². The van der Waals surface area contributed by atoms with Crippen LogP contribution in [0.1, 0.15) is 22.3 Å². The Bertz CT molecular complexity index is 523. The molecule has 0 aliphatic carbocycles. The zero-order chi connectivity index (χ0) is 15.5. The van der Waals surface area contributed by atoms with E-state index in [4.69, 9.17) is 16.3 Å². The molecule has 1 aromatic carbocycles. The van der Waals surface area contributed by atoms with Crippen molar-refractivity contribution in [3.05, 3.63) is 34.3 Å². The van der Waals surface area contributed by atoms with E-state index in [2.05, 4.69) is 4.90 Å². The van der Waals surface area contributed by atoms with Gasteiger partial charge in [0.2, 0.25) is 0 Å². The Morgan fingerprint density at radius 3 is 2.77 bits per heavy atom. The highest BCUT2D eigenvalue weighted by Gasteiger charge is 2.28. The largest absolute Gasteiger partial charge is 0.379 e. The molecule has 2 fully saturated rings. The Kier molecular flexibility index (Phi) is 5.01. The Labute approximate surface area is 137 Å². The van der Waals surface area contributed by atoms with Crippen LogP contribution in [0.3, 0.4) is 0 Å². The van der Waals surface area contributed by atoms with E-state index in [0.29, 0.717) is 16.5 Å². The maximum atomic E-state index is 12.6. The summed E-state index contributed by atoms with van der Waals surface area (Å²) >= 11 is 6.07. The van der Waals surface area contributed by atoms with E-state index in [0.717, 1.165) is 57.9 Å². The van der Waals surface area contributed by atoms with Crippen molar-refractivity contribution < 1.29 is 9.53 Å². The van der Waals surface area contributed by atoms with E-state index in [1.165, 1.54) is 0 Å². The highest BCUT2D eigenvalue weighted by atomic mass is 35.5. The second-order valence-corrected chi connectivity index (χ2v) is 6.77. The SMILES string of the molecule is Cc1cc(Cl)cc(C(=O)N2CCC(CN3CCOCC3)C2)c1. The van der Waals surface area contributed by atoms with Gasteiger partial charge in [0.15, 0.2) is 0 Å². The fourth-order valence-corrected chi connectivity index (χ4v) is 3.65. The number of benzene rings is 1. The average molecular weight is 323 g/mol. The van der Waals surface area contributed by atoms with Crippen molar-refractivity contribution >= 4 is 17.5 Å². The first-order valence-electron chi connectivity index (χ1n) is 7.98. The molecule has 4 nitrogen and oxygen atoms in total. The van der Waals surface area contributed by atoms with Gasteiger partial charge in [0, 0.05) is 43.3 Å². The molecule has 22 heavy (non-hydrogen) atoms. The number of amides is 1. The molecule has 1 amide bonds. The van der Waals surface area contributed by atoms with Crippen molar-refractivity contribution in [2.24, 2.45) is 5.92 Å². The van der Waals surface area contributed by atoms with Gasteiger partial charge < -0.3 is 9.64 Å². The van der Waals surface area contributed by atoms with E-state index in [1.54, 1.807) is 6.07 Å². The number of halogens is 1. The number of morpholine rings is 1. The lowest BCUT2D eigenvalue weighted by Gasteiger charge is -2.29. The molecule has 2 saturated heterocycles. The van der Waals surface area contributed by atoms with Gasteiger partial charge in [-0.25, -0.2) is 0 Å². The maximum Gasteiger partial charge on any atom is 0.253 e. The van der Waals surface area contributed by atoms with Crippen LogP contribution in [-0.2, 0) is 4.74 Å². The summed E-state index contributed by atoms with van der Waals surface area (Å²) in [4.78, 5) is 17.0. The van der Waals surface area contributed by atoms with Crippen molar-refractivity contribution in [3.8, 4) is 0 Å². The van der Waals surface area contributed by atoms with Crippen molar-refractivity contribution in [1.29, 1.82) is 0 Å². The highest BCUT2D eigenvalue weighted by Crippen LogP contribution is 2.22. The minimum absolute atomic E-state index is 0.107. The van der Waals surface area contributed by atoms with Crippen molar-refractivity contribution in [1.82, 2.24) is 9.80 Å². The summed E-state index contributed by atoms with van der Waals surface area (Å²) in [5, 5.41) is 0.632. The molecule has 0 radical (unpaired) electrons. The summed E-state index contributed by atoms with van der Waals surface area (Å²) in [6.45, 7) is 8.42. The van der Waals surface area contributed by atoms with Gasteiger partial charge in [0.1, 0.15) is 0 Å². The predicted molar refractivity (Wildman–Crippen MR) is 87.5 cm³/mol. The summed E-state index contributed by atoms with van der Waals surface area (Å²) in [7, 11) is 0. The number of ether oxygens (including phenoxy) is 1. The van der Waals surface area contributed by atoms with E-state index >= 15 is 0 Å². The molecule has 2 aliphatic rings. The van der Waals surface area contributed by atoms with Crippen LogP contribution in [0.25, 0.3) is 0 Å². The zero-order valence-electron chi connectivity index (χ0n) is 13.1. The highest BCUT2D eigenvalue weighted by molar-refractivity contribution is 6.31. The molecule has 0 aromatic heterocycles. The first kappa shape index (κ1) is 15.8. The van der Waals surface area contributed by atoms with E-state index in [1.807, 2.05) is 24.0 Å². The Morgan fingerprint density at radius 1 is 1.27 bits per heavy atom. The summed E-state index contributed by atoms with van der Waals surface area (Å²) in [6, 6.07) is 5.57. The Balaban J connectivity index is 1.58. The van der Waals surface area contributed by atoms with Gasteiger partial charge in [0.05, 0.1) is 13.2 Å². The number of likely N-dealkylation sites (tertiary alicyclic amines) is 1. The molecular weight excluding hydrogens is 300 g/mol. The number of hydrogen-bond acceptors (Lipinski definition) is 3. The molecule has 0 N–H and O–H groups in total. The maximum absolute atomic E-state index is 12.6. The zero-order valence-corrected chi connectivity index (χ0v) is 13.8. The van der Waals surface area contributed by atoms with Crippen LogP contribution >= 0.6 is 11.6 Å². The molecule has 1 aromatic rings. The molecule has 1 unspecified atom stereocenters. The van der Waals surface area contributed by atoms with Gasteiger partial charge >= 0.3 is 0 Å². The second kappa shape index (κ2) is 6.99. The van der Waals surface area contributed by atoms with Gasteiger partial charge in [-0.3, -0.25) is 9.69 Å². The third-order valence-electron chi connectivity index (χ3n) is 4.48. The lowest BCUT2D eigenvalue weighted by Crippen LogP contribution is -2.40. The van der Waals surface area contributed by atoms with Crippen LogP contribution in [0.2, 0.25) is 5.02 Å². The number of nitrogens with zero attached hydrogens (tertiary/aromatic N) is 2. The number of rotatable bonds is 3. The van der Waals surface area contributed by atoms with Gasteiger partial charge in [0.25, 0.3) is 5.91 Å². The van der Waals surface area contributed by atoms with Gasteiger partial charge in [-0.15, -0.1) is 0 Å². The smallest absolute Gasteiger partial charge is 0.253 e. The van der Waals surface area contributed by atoms with Gasteiger partial charge in [-0.1, -0.05) is 11.6 Å². The van der Waals surface area contributed by atoms with Crippen LogP contribution in [0.15, 0.2) is 18.2 Å². The molecular formula is C17H23ClN2O2. The third kappa shape index (κ3) is 3.80. The third-order valence-corrected chi connectivity index (χ3v) is 4.70. The number of aryl methyl sites for hydroxylation is 1. The number of hydrogen-bond donors (Lipinski definition) is 0. The van der Waals surface area contributed by atoms with Crippen LogP contribution in [0.4, 0.5) is 0 Å². The topological polar surface area (TPSA) is 32.8 Å².